The molecule has 1 aromatic heterocycles. The molecule has 0 aliphatic heterocycles. The summed E-state index contributed by atoms with van der Waals surface area (Å²) in [5.74, 6) is 5.26. The number of hydrogen-bond acceptors (Lipinski definition) is 6. The molecule has 4 N–H and O–H groups in total. The summed E-state index contributed by atoms with van der Waals surface area (Å²) in [6, 6.07) is 5.16. The molecule has 1 aromatic carbocycles. The van der Waals surface area contributed by atoms with Gasteiger partial charge >= 0.3 is 0 Å². The molecule has 0 aliphatic rings. The zero-order valence-corrected chi connectivity index (χ0v) is 12.9. The topological polar surface area (TPSA) is 110 Å². The molecule has 0 saturated carbocycles. The highest BCUT2D eigenvalue weighted by atomic mass is 79.9. The number of nitrogens with zero attached hydrogens (tertiary/aromatic N) is 2. The fourth-order valence-corrected chi connectivity index (χ4v) is 2.72. The van der Waals surface area contributed by atoms with Gasteiger partial charge in [-0.1, -0.05) is 22.0 Å². The van der Waals surface area contributed by atoms with Crippen LogP contribution in [0.3, 0.4) is 0 Å². The van der Waals surface area contributed by atoms with E-state index < -0.39 is 10.0 Å². The van der Waals surface area contributed by atoms with Crippen molar-refractivity contribution in [2.24, 2.45) is 5.84 Å². The predicted octanol–water partition coefficient (Wildman–Crippen LogP) is 1.63. The maximum Gasteiger partial charge on any atom is 0.264 e. The minimum atomic E-state index is -3.73. The minimum Gasteiger partial charge on any atom is -0.292 e. The Morgan fingerprint density at radius 3 is 2.45 bits per heavy atom. The highest BCUT2D eigenvalue weighted by Crippen LogP contribution is 2.22. The van der Waals surface area contributed by atoms with Crippen LogP contribution in [0.2, 0.25) is 0 Å². The third kappa shape index (κ3) is 3.24. The van der Waals surface area contributed by atoms with Gasteiger partial charge in [-0.3, -0.25) is 10.1 Å². The van der Waals surface area contributed by atoms with Crippen LogP contribution < -0.4 is 16.0 Å². The smallest absolute Gasteiger partial charge is 0.264 e. The second-order valence-electron chi connectivity index (χ2n) is 3.96. The van der Waals surface area contributed by atoms with Gasteiger partial charge < -0.3 is 0 Å². The van der Waals surface area contributed by atoms with E-state index in [1.54, 1.807) is 18.2 Å². The van der Waals surface area contributed by atoms with Crippen LogP contribution in [0.25, 0.3) is 0 Å². The molecule has 0 unspecified atom stereocenters. The lowest BCUT2D eigenvalue weighted by molar-refractivity contribution is 0.600. The molecular weight excluding hydrogens is 346 g/mol. The van der Waals surface area contributed by atoms with Gasteiger partial charge in [-0.2, -0.15) is 0 Å². The molecule has 0 radical (unpaired) electrons. The number of hydrogen-bond donors (Lipinski definition) is 3. The first-order valence-corrected chi connectivity index (χ1v) is 7.77. The van der Waals surface area contributed by atoms with Gasteiger partial charge in [0.25, 0.3) is 10.0 Å². The lowest BCUT2D eigenvalue weighted by Gasteiger charge is -2.09. The van der Waals surface area contributed by atoms with Gasteiger partial charge in [-0.15, -0.1) is 0 Å². The molecule has 0 aliphatic carbocycles. The number of nitrogens with two attached hydrogens (primary N) is 1. The number of nitrogen functional groups attached to an aromatic ring is 1. The molecule has 0 spiro atoms. The number of benzene rings is 1. The molecule has 0 bridgehead atoms. The maximum atomic E-state index is 12.1. The number of nitrogens with one attached hydrogen (secondary N) is 2. The number of aryl methyl sites for hydroxylation is 1. The number of rotatable bonds is 4. The van der Waals surface area contributed by atoms with Crippen molar-refractivity contribution >= 4 is 37.6 Å². The minimum absolute atomic E-state index is 0.0480. The van der Waals surface area contributed by atoms with Gasteiger partial charge in [0.1, 0.15) is 4.90 Å². The van der Waals surface area contributed by atoms with E-state index in [2.05, 4.69) is 36.0 Å². The first-order valence-electron chi connectivity index (χ1n) is 5.50. The van der Waals surface area contributed by atoms with Crippen molar-refractivity contribution in [2.75, 3.05) is 10.1 Å². The molecule has 20 heavy (non-hydrogen) atoms. The van der Waals surface area contributed by atoms with Crippen molar-refractivity contribution in [3.63, 3.8) is 0 Å². The number of aromatic nitrogens is 2. The summed E-state index contributed by atoms with van der Waals surface area (Å²) in [4.78, 5) is 7.47. The van der Waals surface area contributed by atoms with Crippen molar-refractivity contribution in [2.45, 2.75) is 11.8 Å². The average Bonchev–Trinajstić information content (AvgIpc) is 2.43. The van der Waals surface area contributed by atoms with Gasteiger partial charge in [0.2, 0.25) is 5.95 Å². The second-order valence-corrected chi connectivity index (χ2v) is 6.49. The Morgan fingerprint density at radius 1 is 1.25 bits per heavy atom. The Balaban J connectivity index is 2.27. The first kappa shape index (κ1) is 14.7. The summed E-state index contributed by atoms with van der Waals surface area (Å²) >= 11 is 3.35. The third-order valence-electron chi connectivity index (χ3n) is 2.49. The van der Waals surface area contributed by atoms with Crippen LogP contribution in [0.15, 0.2) is 40.0 Å². The summed E-state index contributed by atoms with van der Waals surface area (Å²) in [6.07, 6.45) is 2.35. The largest absolute Gasteiger partial charge is 0.292 e. The van der Waals surface area contributed by atoms with Crippen LogP contribution in [-0.4, -0.2) is 18.4 Å². The predicted molar refractivity (Wildman–Crippen MR) is 79.5 cm³/mol. The molecule has 1 heterocycles. The van der Waals surface area contributed by atoms with E-state index in [1.165, 1.54) is 12.4 Å². The highest BCUT2D eigenvalue weighted by molar-refractivity contribution is 9.10. The third-order valence-corrected chi connectivity index (χ3v) is 4.68. The van der Waals surface area contributed by atoms with E-state index in [0.29, 0.717) is 5.69 Å². The molecule has 0 amide bonds. The quantitative estimate of drug-likeness (QED) is 0.566. The summed E-state index contributed by atoms with van der Waals surface area (Å²) in [5.41, 5.74) is 3.68. The van der Waals surface area contributed by atoms with Crippen LogP contribution in [-0.2, 0) is 10.0 Å². The van der Waals surface area contributed by atoms with Crippen molar-refractivity contribution in [1.29, 1.82) is 0 Å². The molecule has 9 heteroatoms. The lowest BCUT2D eigenvalue weighted by Crippen LogP contribution is -2.15. The molecule has 0 fully saturated rings. The van der Waals surface area contributed by atoms with Crippen molar-refractivity contribution in [3.05, 3.63) is 40.6 Å². The van der Waals surface area contributed by atoms with E-state index >= 15 is 0 Å². The van der Waals surface area contributed by atoms with E-state index in [9.17, 15) is 8.42 Å². The van der Waals surface area contributed by atoms with Crippen LogP contribution in [0.1, 0.15) is 5.56 Å². The Kier molecular flexibility index (Phi) is 4.21. The Morgan fingerprint density at radius 2 is 1.90 bits per heavy atom. The summed E-state index contributed by atoms with van der Waals surface area (Å²) in [6.45, 7) is 1.91. The molecule has 106 valence electrons. The van der Waals surface area contributed by atoms with Crippen molar-refractivity contribution < 1.29 is 8.42 Å². The fourth-order valence-electron chi connectivity index (χ4n) is 1.40. The van der Waals surface area contributed by atoms with Crippen LogP contribution in [0.5, 0.6) is 0 Å². The SMILES string of the molecule is Cc1ccc(NS(=O)(=O)c2cnc(NN)nc2)cc1Br. The normalized spacial score (nSPS) is 11.2. The number of sulfonamides is 1. The van der Waals surface area contributed by atoms with Gasteiger partial charge in [0, 0.05) is 10.2 Å². The lowest BCUT2D eigenvalue weighted by atomic mass is 10.2. The molecular formula is C11H12BrN5O2S. The monoisotopic (exact) mass is 357 g/mol. The van der Waals surface area contributed by atoms with Gasteiger partial charge in [0.15, 0.2) is 0 Å². The fraction of sp³-hybridized carbons (Fsp3) is 0.0909. The summed E-state index contributed by atoms with van der Waals surface area (Å²) in [7, 11) is -3.73. The van der Waals surface area contributed by atoms with E-state index in [0.717, 1.165) is 10.0 Å². The standard InChI is InChI=1S/C11H12BrN5O2S/c1-7-2-3-8(4-10(7)12)17-20(18,19)9-5-14-11(16-13)15-6-9/h2-6,17H,13H2,1H3,(H,14,15,16). The Hall–Kier alpha value is -1.71. The van der Waals surface area contributed by atoms with E-state index in [-0.39, 0.29) is 10.8 Å². The molecule has 2 rings (SSSR count). The second kappa shape index (κ2) is 5.73. The van der Waals surface area contributed by atoms with Crippen molar-refractivity contribution in [3.8, 4) is 0 Å². The van der Waals surface area contributed by atoms with Crippen LogP contribution >= 0.6 is 15.9 Å². The first-order chi connectivity index (χ1) is 9.42. The summed E-state index contributed by atoms with van der Waals surface area (Å²) < 4.78 is 27.5. The zero-order valence-electron chi connectivity index (χ0n) is 10.5. The van der Waals surface area contributed by atoms with Gasteiger partial charge in [-0.25, -0.2) is 24.2 Å². The van der Waals surface area contributed by atoms with Gasteiger partial charge in [0.05, 0.1) is 12.4 Å². The Labute approximate surface area is 124 Å². The van der Waals surface area contributed by atoms with Crippen molar-refractivity contribution in [1.82, 2.24) is 9.97 Å². The summed E-state index contributed by atoms with van der Waals surface area (Å²) in [5, 5.41) is 0. The molecule has 2 aromatic rings. The number of hydrazine groups is 1. The maximum absolute atomic E-state index is 12.1. The van der Waals surface area contributed by atoms with Crippen LogP contribution in [0, 0.1) is 6.92 Å². The highest BCUT2D eigenvalue weighted by Gasteiger charge is 2.15. The van der Waals surface area contributed by atoms with Crippen LogP contribution in [0.4, 0.5) is 11.6 Å². The molecule has 0 saturated heterocycles. The zero-order chi connectivity index (χ0) is 14.8. The number of halogens is 1. The molecule has 7 nitrogen and oxygen atoms in total. The average molecular weight is 358 g/mol. The van der Waals surface area contributed by atoms with E-state index in [1.807, 2.05) is 6.92 Å². The number of anilines is 2. The Bertz CT molecular complexity index is 718. The van der Waals surface area contributed by atoms with Gasteiger partial charge in [-0.05, 0) is 24.6 Å². The molecule has 0 atom stereocenters. The van der Waals surface area contributed by atoms with E-state index in [4.69, 9.17) is 5.84 Å².